The van der Waals surface area contributed by atoms with Gasteiger partial charge in [-0.1, -0.05) is 19.4 Å². The quantitative estimate of drug-likeness (QED) is 0.584. The number of nitro benzene ring substituents is 1. The third-order valence-electron chi connectivity index (χ3n) is 2.91. The van der Waals surface area contributed by atoms with Crippen LogP contribution in [-0.2, 0) is 4.79 Å². The van der Waals surface area contributed by atoms with E-state index in [1.807, 2.05) is 6.92 Å². The van der Waals surface area contributed by atoms with Crippen LogP contribution in [0, 0.1) is 16.0 Å². The van der Waals surface area contributed by atoms with Crippen LogP contribution in [0.3, 0.4) is 0 Å². The van der Waals surface area contributed by atoms with E-state index in [1.165, 1.54) is 24.3 Å². The molecular weight excluding hydrogens is 264 g/mol. The number of carbonyl (C=O) groups is 2. The summed E-state index contributed by atoms with van der Waals surface area (Å²) in [5.74, 6) is -1.52. The maximum atomic E-state index is 11.8. The van der Waals surface area contributed by atoms with Gasteiger partial charge in [0.05, 0.1) is 4.92 Å². The van der Waals surface area contributed by atoms with Gasteiger partial charge in [-0.25, -0.2) is 0 Å². The van der Waals surface area contributed by atoms with Gasteiger partial charge in [-0.15, -0.1) is 0 Å². The second-order valence-corrected chi connectivity index (χ2v) is 4.39. The first-order valence-corrected chi connectivity index (χ1v) is 6.18. The Labute approximate surface area is 115 Å². The molecule has 1 amide bonds. The number of carbonyl (C=O) groups excluding carboxylic acids is 1. The predicted molar refractivity (Wildman–Crippen MR) is 71.5 cm³/mol. The monoisotopic (exact) mass is 280 g/mol. The molecular formula is C13H16N2O5. The summed E-state index contributed by atoms with van der Waals surface area (Å²) in [6, 6.07) is 5.39. The van der Waals surface area contributed by atoms with Crippen LogP contribution in [0.25, 0.3) is 0 Å². The van der Waals surface area contributed by atoms with Crippen LogP contribution in [0.2, 0.25) is 0 Å². The zero-order valence-corrected chi connectivity index (χ0v) is 11.0. The molecule has 7 nitrogen and oxygen atoms in total. The summed E-state index contributed by atoms with van der Waals surface area (Å²) in [7, 11) is 0. The molecule has 108 valence electrons. The number of nitrogens with one attached hydrogen (secondary N) is 1. The van der Waals surface area contributed by atoms with Crippen molar-refractivity contribution < 1.29 is 19.6 Å². The molecule has 0 aliphatic carbocycles. The molecule has 1 aromatic rings. The Hall–Kier alpha value is -2.44. The largest absolute Gasteiger partial charge is 0.481 e. The van der Waals surface area contributed by atoms with Crippen molar-refractivity contribution in [2.45, 2.75) is 19.8 Å². The van der Waals surface area contributed by atoms with E-state index < -0.39 is 16.8 Å². The molecule has 1 atom stereocenters. The summed E-state index contributed by atoms with van der Waals surface area (Å²) in [4.78, 5) is 32.5. The summed E-state index contributed by atoms with van der Waals surface area (Å²) in [6.45, 7) is 2.07. The number of carboxylic acids is 1. The molecule has 0 aliphatic heterocycles. The molecule has 20 heavy (non-hydrogen) atoms. The first-order valence-electron chi connectivity index (χ1n) is 6.18. The molecule has 7 heteroatoms. The molecule has 0 radical (unpaired) electrons. The third-order valence-corrected chi connectivity index (χ3v) is 2.91. The number of nitro groups is 1. The summed E-state index contributed by atoms with van der Waals surface area (Å²) >= 11 is 0. The minimum Gasteiger partial charge on any atom is -0.481 e. The number of benzene rings is 1. The van der Waals surface area contributed by atoms with Crippen LogP contribution in [0.1, 0.15) is 30.1 Å². The van der Waals surface area contributed by atoms with Crippen molar-refractivity contribution >= 4 is 17.6 Å². The Bertz CT molecular complexity index is 515. The molecule has 0 fully saturated rings. The van der Waals surface area contributed by atoms with Gasteiger partial charge in [0.2, 0.25) is 0 Å². The molecule has 1 rings (SSSR count). The Morgan fingerprint density at radius 1 is 1.45 bits per heavy atom. The Balaban J connectivity index is 2.64. The van der Waals surface area contributed by atoms with Crippen molar-refractivity contribution in [3.63, 3.8) is 0 Å². The van der Waals surface area contributed by atoms with E-state index >= 15 is 0 Å². The second kappa shape index (κ2) is 7.22. The van der Waals surface area contributed by atoms with Crippen LogP contribution in [0.5, 0.6) is 0 Å². The molecule has 1 aromatic carbocycles. The minimum atomic E-state index is -0.915. The third kappa shape index (κ3) is 4.68. The Kier molecular flexibility index (Phi) is 5.64. The average molecular weight is 280 g/mol. The van der Waals surface area contributed by atoms with Gasteiger partial charge in [-0.3, -0.25) is 19.7 Å². The summed E-state index contributed by atoms with van der Waals surface area (Å²) < 4.78 is 0. The zero-order valence-electron chi connectivity index (χ0n) is 11.0. The van der Waals surface area contributed by atoms with Crippen LogP contribution < -0.4 is 5.32 Å². The van der Waals surface area contributed by atoms with Gasteiger partial charge in [-0.2, -0.15) is 0 Å². The number of rotatable bonds is 7. The van der Waals surface area contributed by atoms with Gasteiger partial charge >= 0.3 is 5.97 Å². The number of nitrogens with zero attached hydrogens (tertiary/aromatic N) is 1. The number of aliphatic carboxylic acids is 1. The Morgan fingerprint density at radius 2 is 2.15 bits per heavy atom. The van der Waals surface area contributed by atoms with Crippen LogP contribution >= 0.6 is 0 Å². The topological polar surface area (TPSA) is 110 Å². The van der Waals surface area contributed by atoms with Gasteiger partial charge < -0.3 is 10.4 Å². The highest BCUT2D eigenvalue weighted by molar-refractivity contribution is 5.94. The lowest BCUT2D eigenvalue weighted by Gasteiger charge is -2.13. The van der Waals surface area contributed by atoms with E-state index in [1.54, 1.807) is 0 Å². The highest BCUT2D eigenvalue weighted by Gasteiger charge is 2.15. The van der Waals surface area contributed by atoms with Gasteiger partial charge in [-0.05, 0) is 12.0 Å². The number of hydrogen-bond acceptors (Lipinski definition) is 4. The van der Waals surface area contributed by atoms with Gasteiger partial charge in [0.25, 0.3) is 11.6 Å². The fraction of sp³-hybridized carbons (Fsp3) is 0.385. The second-order valence-electron chi connectivity index (χ2n) is 4.39. The van der Waals surface area contributed by atoms with Crippen molar-refractivity contribution in [2.75, 3.05) is 6.54 Å². The van der Waals surface area contributed by atoms with E-state index in [0.29, 0.717) is 6.42 Å². The van der Waals surface area contributed by atoms with E-state index in [9.17, 15) is 19.7 Å². The number of non-ortho nitro benzene ring substituents is 1. The van der Waals surface area contributed by atoms with Crippen LogP contribution in [0.4, 0.5) is 5.69 Å². The molecule has 0 spiro atoms. The van der Waals surface area contributed by atoms with Crippen LogP contribution in [0.15, 0.2) is 24.3 Å². The van der Waals surface area contributed by atoms with E-state index in [-0.39, 0.29) is 30.1 Å². The highest BCUT2D eigenvalue weighted by Crippen LogP contribution is 2.13. The molecule has 2 N–H and O–H groups in total. The first-order chi connectivity index (χ1) is 9.43. The molecule has 0 aromatic heterocycles. The van der Waals surface area contributed by atoms with Crippen molar-refractivity contribution in [3.8, 4) is 0 Å². The maximum absolute atomic E-state index is 11.8. The number of amides is 1. The lowest BCUT2D eigenvalue weighted by molar-refractivity contribution is -0.384. The van der Waals surface area contributed by atoms with E-state index in [4.69, 9.17) is 5.11 Å². The van der Waals surface area contributed by atoms with E-state index in [0.717, 1.165) is 0 Å². The standard InChI is InChI=1S/C13H16N2O5/c1-2-9(6-12(16)17)8-14-13(18)10-4-3-5-11(7-10)15(19)20/h3-5,7,9H,2,6,8H2,1H3,(H,14,18)(H,16,17). The van der Waals surface area contributed by atoms with Gasteiger partial charge in [0, 0.05) is 30.7 Å². The number of hydrogen-bond donors (Lipinski definition) is 2. The average Bonchev–Trinajstić information content (AvgIpc) is 2.42. The normalized spacial score (nSPS) is 11.7. The molecule has 1 unspecified atom stereocenters. The molecule has 0 aliphatic rings. The summed E-state index contributed by atoms with van der Waals surface area (Å²) in [5.41, 5.74) is 0.0274. The fourth-order valence-electron chi connectivity index (χ4n) is 1.71. The van der Waals surface area contributed by atoms with Crippen molar-refractivity contribution in [1.82, 2.24) is 5.32 Å². The maximum Gasteiger partial charge on any atom is 0.303 e. The van der Waals surface area contributed by atoms with Crippen molar-refractivity contribution in [2.24, 2.45) is 5.92 Å². The number of carboxylic acid groups (broad SMARTS) is 1. The van der Waals surface area contributed by atoms with Gasteiger partial charge in [0.1, 0.15) is 0 Å². The highest BCUT2D eigenvalue weighted by atomic mass is 16.6. The smallest absolute Gasteiger partial charge is 0.303 e. The lowest BCUT2D eigenvalue weighted by Crippen LogP contribution is -2.30. The van der Waals surface area contributed by atoms with Crippen molar-refractivity contribution in [3.05, 3.63) is 39.9 Å². The molecule has 0 saturated carbocycles. The zero-order chi connectivity index (χ0) is 15.1. The Morgan fingerprint density at radius 3 is 2.70 bits per heavy atom. The summed E-state index contributed by atoms with van der Waals surface area (Å²) in [6.07, 6.45) is 0.604. The lowest BCUT2D eigenvalue weighted by atomic mass is 10.0. The molecule has 0 saturated heterocycles. The van der Waals surface area contributed by atoms with Crippen molar-refractivity contribution in [1.29, 1.82) is 0 Å². The fourth-order valence-corrected chi connectivity index (χ4v) is 1.71. The van der Waals surface area contributed by atoms with Crippen LogP contribution in [-0.4, -0.2) is 28.5 Å². The minimum absolute atomic E-state index is 0.0221. The van der Waals surface area contributed by atoms with E-state index in [2.05, 4.69) is 5.32 Å². The SMILES string of the molecule is CCC(CNC(=O)c1cccc([N+](=O)[O-])c1)CC(=O)O. The molecule has 0 bridgehead atoms. The first kappa shape index (κ1) is 15.6. The predicted octanol–water partition coefficient (Wildman–Crippen LogP) is 1.83. The summed E-state index contributed by atoms with van der Waals surface area (Å²) in [5, 5.41) is 21.9. The van der Waals surface area contributed by atoms with Gasteiger partial charge in [0.15, 0.2) is 0 Å². The molecule has 0 heterocycles.